The quantitative estimate of drug-likeness (QED) is 0.193. The Balaban J connectivity index is 2.10. The van der Waals surface area contributed by atoms with Gasteiger partial charge in [-0.25, -0.2) is 0 Å². The van der Waals surface area contributed by atoms with Gasteiger partial charge in [0.25, 0.3) is 0 Å². The van der Waals surface area contributed by atoms with E-state index in [1.807, 2.05) is 49.1 Å². The van der Waals surface area contributed by atoms with Crippen molar-refractivity contribution in [3.8, 4) is 0 Å². The summed E-state index contributed by atoms with van der Waals surface area (Å²) in [6.07, 6.45) is 1.72. The first-order valence-corrected chi connectivity index (χ1v) is 16.8. The van der Waals surface area contributed by atoms with E-state index in [0.717, 1.165) is 24.8 Å². The molecule has 0 radical (unpaired) electrons. The van der Waals surface area contributed by atoms with Crippen molar-refractivity contribution in [2.24, 2.45) is 17.8 Å². The SMILES string of the molecule is CC[C@H](C)[C@@H](CCC(=O)N1CCC[C@H]1[C@H](OC)[C@@H](C)C(=O)N[C@H](C)C(O)c1ccccc1)N(C)C(=O)[C@@H](NC(=O)CNC)C(C)C. The number of amides is 4. The number of hydrogen-bond acceptors (Lipinski definition) is 7. The second kappa shape index (κ2) is 19.0. The molecule has 1 saturated heterocycles. The lowest BCUT2D eigenvalue weighted by Crippen LogP contribution is -2.55. The molecule has 1 fully saturated rings. The van der Waals surface area contributed by atoms with E-state index in [0.29, 0.717) is 13.0 Å². The molecule has 4 amide bonds. The molecule has 1 aromatic rings. The van der Waals surface area contributed by atoms with Crippen LogP contribution in [-0.2, 0) is 23.9 Å². The molecule has 0 aromatic heterocycles. The second-order valence-corrected chi connectivity index (χ2v) is 13.2. The summed E-state index contributed by atoms with van der Waals surface area (Å²) in [5.41, 5.74) is 0.722. The van der Waals surface area contributed by atoms with Crippen LogP contribution in [0.5, 0.6) is 0 Å². The topological polar surface area (TPSA) is 140 Å². The number of carbonyl (C=O) groups is 4. The third-order valence-corrected chi connectivity index (χ3v) is 9.55. The average Bonchev–Trinajstić information content (AvgIpc) is 3.52. The predicted octanol–water partition coefficient (Wildman–Crippen LogP) is 2.88. The lowest BCUT2D eigenvalue weighted by molar-refractivity contribution is -0.142. The van der Waals surface area contributed by atoms with Crippen LogP contribution in [0.2, 0.25) is 0 Å². The minimum absolute atomic E-state index is 0.0260. The van der Waals surface area contributed by atoms with Gasteiger partial charge in [-0.15, -0.1) is 0 Å². The maximum Gasteiger partial charge on any atom is 0.245 e. The summed E-state index contributed by atoms with van der Waals surface area (Å²) in [6, 6.07) is 7.58. The molecule has 1 aliphatic rings. The summed E-state index contributed by atoms with van der Waals surface area (Å²) < 4.78 is 5.86. The number of carbonyl (C=O) groups excluding carboxylic acids is 4. The number of aliphatic hydroxyl groups excluding tert-OH is 1. The largest absolute Gasteiger partial charge is 0.386 e. The van der Waals surface area contributed by atoms with Crippen LogP contribution in [0.1, 0.15) is 85.3 Å². The second-order valence-electron chi connectivity index (χ2n) is 13.2. The molecule has 0 spiro atoms. The van der Waals surface area contributed by atoms with Crippen molar-refractivity contribution in [2.45, 2.75) is 110 Å². The van der Waals surface area contributed by atoms with Crippen molar-refractivity contribution >= 4 is 23.6 Å². The molecule has 2 rings (SSSR count). The van der Waals surface area contributed by atoms with E-state index in [4.69, 9.17) is 4.74 Å². The van der Waals surface area contributed by atoms with Gasteiger partial charge in [0.1, 0.15) is 6.04 Å². The fraction of sp³-hybridized carbons (Fsp3) is 0.714. The highest BCUT2D eigenvalue weighted by molar-refractivity contribution is 5.88. The number of benzene rings is 1. The zero-order valence-electron chi connectivity index (χ0n) is 29.4. The minimum atomic E-state index is -0.855. The Kier molecular flexibility index (Phi) is 16.1. The smallest absolute Gasteiger partial charge is 0.245 e. The summed E-state index contributed by atoms with van der Waals surface area (Å²) >= 11 is 0. The number of hydrogen-bond donors (Lipinski definition) is 4. The van der Waals surface area contributed by atoms with Crippen LogP contribution < -0.4 is 16.0 Å². The number of ether oxygens (including phenoxy) is 1. The van der Waals surface area contributed by atoms with Crippen LogP contribution >= 0.6 is 0 Å². The fourth-order valence-corrected chi connectivity index (χ4v) is 6.49. The molecule has 4 N–H and O–H groups in total. The number of methoxy groups -OCH3 is 1. The molecule has 0 saturated carbocycles. The number of rotatable bonds is 18. The van der Waals surface area contributed by atoms with Crippen LogP contribution in [0.3, 0.4) is 0 Å². The van der Waals surface area contributed by atoms with Gasteiger partial charge in [0.05, 0.1) is 36.8 Å². The van der Waals surface area contributed by atoms with Crippen LogP contribution in [0.4, 0.5) is 0 Å². The van der Waals surface area contributed by atoms with E-state index in [9.17, 15) is 24.3 Å². The molecule has 0 aliphatic carbocycles. The zero-order chi connectivity index (χ0) is 34.6. The van der Waals surface area contributed by atoms with Crippen LogP contribution in [0.25, 0.3) is 0 Å². The highest BCUT2D eigenvalue weighted by Crippen LogP contribution is 2.29. The highest BCUT2D eigenvalue weighted by Gasteiger charge is 2.41. The number of nitrogens with zero attached hydrogens (tertiary/aromatic N) is 2. The summed E-state index contributed by atoms with van der Waals surface area (Å²) in [5.74, 6) is -1.20. The maximum atomic E-state index is 13.7. The van der Waals surface area contributed by atoms with Gasteiger partial charge in [-0.3, -0.25) is 19.2 Å². The van der Waals surface area contributed by atoms with Gasteiger partial charge < -0.3 is 35.6 Å². The first-order valence-electron chi connectivity index (χ1n) is 16.8. The lowest BCUT2D eigenvalue weighted by atomic mass is 9.91. The van der Waals surface area contributed by atoms with Crippen molar-refractivity contribution < 1.29 is 29.0 Å². The highest BCUT2D eigenvalue weighted by atomic mass is 16.5. The van der Waals surface area contributed by atoms with Gasteiger partial charge in [0.2, 0.25) is 23.6 Å². The third-order valence-electron chi connectivity index (χ3n) is 9.55. The Bertz CT molecular complexity index is 1120. The number of nitrogens with one attached hydrogen (secondary N) is 3. The zero-order valence-corrected chi connectivity index (χ0v) is 29.4. The third kappa shape index (κ3) is 10.5. The molecule has 1 unspecified atom stereocenters. The van der Waals surface area contributed by atoms with Gasteiger partial charge in [0.15, 0.2) is 0 Å². The Hall–Kier alpha value is -3.02. The number of likely N-dealkylation sites (N-methyl/N-ethyl adjacent to an activating group) is 2. The van der Waals surface area contributed by atoms with E-state index >= 15 is 0 Å². The predicted molar refractivity (Wildman–Crippen MR) is 180 cm³/mol. The fourth-order valence-electron chi connectivity index (χ4n) is 6.49. The monoisotopic (exact) mass is 645 g/mol. The van der Waals surface area contributed by atoms with E-state index in [1.165, 1.54) is 0 Å². The molecule has 0 bridgehead atoms. The standard InChI is InChI=1S/C35H59N5O6/c1-10-23(4)27(39(8)35(45)31(22(2)3)38-29(41)21-36-7)18-19-30(42)40-20-14-17-28(40)33(46-9)24(5)34(44)37-25(6)32(43)26-15-12-11-13-16-26/h11-13,15-16,22-25,27-28,31-33,36,43H,10,14,17-21H2,1-9H3,(H,37,44)(H,38,41)/t23-,24+,25+,27+,28-,31-,32?,33+/m0/s1. The van der Waals surface area contributed by atoms with E-state index < -0.39 is 30.2 Å². The molecular weight excluding hydrogens is 586 g/mol. The van der Waals surface area contributed by atoms with Crippen LogP contribution in [0.15, 0.2) is 30.3 Å². The van der Waals surface area contributed by atoms with Crippen LogP contribution in [-0.4, -0.2) is 103 Å². The van der Waals surface area contributed by atoms with Gasteiger partial charge in [-0.1, -0.05) is 71.4 Å². The molecule has 260 valence electrons. The van der Waals surface area contributed by atoms with Crippen molar-refractivity contribution in [3.05, 3.63) is 35.9 Å². The molecule has 1 aromatic carbocycles. The first-order chi connectivity index (χ1) is 21.8. The Morgan fingerprint density at radius 1 is 1.07 bits per heavy atom. The summed E-state index contributed by atoms with van der Waals surface area (Å²) in [7, 11) is 5.01. The molecule has 8 atom stereocenters. The van der Waals surface area contributed by atoms with Crippen molar-refractivity contribution in [1.29, 1.82) is 0 Å². The molecule has 1 aliphatic heterocycles. The summed E-state index contributed by atoms with van der Waals surface area (Å²) in [4.78, 5) is 56.5. The Morgan fingerprint density at radius 2 is 1.72 bits per heavy atom. The molecule has 1 heterocycles. The molecular formula is C35H59N5O6. The van der Waals surface area contributed by atoms with Crippen molar-refractivity contribution in [3.63, 3.8) is 0 Å². The maximum absolute atomic E-state index is 13.7. The van der Waals surface area contributed by atoms with Gasteiger partial charge in [-0.2, -0.15) is 0 Å². The minimum Gasteiger partial charge on any atom is -0.386 e. The molecule has 11 nitrogen and oxygen atoms in total. The number of aliphatic hydroxyl groups is 1. The number of likely N-dealkylation sites (tertiary alicyclic amines) is 1. The van der Waals surface area contributed by atoms with Gasteiger partial charge >= 0.3 is 0 Å². The molecule has 11 heteroatoms. The molecule has 46 heavy (non-hydrogen) atoms. The summed E-state index contributed by atoms with van der Waals surface area (Å²) in [6.45, 7) is 12.2. The summed E-state index contributed by atoms with van der Waals surface area (Å²) in [5, 5.41) is 19.4. The van der Waals surface area contributed by atoms with E-state index in [1.54, 1.807) is 40.0 Å². The van der Waals surface area contributed by atoms with Crippen LogP contribution in [0, 0.1) is 17.8 Å². The average molecular weight is 646 g/mol. The van der Waals surface area contributed by atoms with Crippen molar-refractivity contribution in [1.82, 2.24) is 25.8 Å². The van der Waals surface area contributed by atoms with E-state index in [-0.39, 0.29) is 60.5 Å². The van der Waals surface area contributed by atoms with E-state index in [2.05, 4.69) is 29.8 Å². The van der Waals surface area contributed by atoms with Gasteiger partial charge in [-0.05, 0) is 50.6 Å². The Morgan fingerprint density at radius 3 is 2.28 bits per heavy atom. The Labute approximate surface area is 276 Å². The first kappa shape index (κ1) is 39.2. The lowest BCUT2D eigenvalue weighted by Gasteiger charge is -2.37. The normalized spacial score (nSPS) is 19.5. The van der Waals surface area contributed by atoms with Crippen molar-refractivity contribution in [2.75, 3.05) is 34.3 Å². The van der Waals surface area contributed by atoms with Gasteiger partial charge in [0, 0.05) is 33.2 Å².